The smallest absolute Gasteiger partial charge is 0.407 e. The molecule has 1 rings (SSSR count). The summed E-state index contributed by atoms with van der Waals surface area (Å²) >= 11 is 0. The van der Waals surface area contributed by atoms with Gasteiger partial charge in [0.15, 0.2) is 0 Å². The molecule has 0 spiro atoms. The maximum Gasteiger partial charge on any atom is 0.407 e. The van der Waals surface area contributed by atoms with Gasteiger partial charge in [-0.15, -0.1) is 6.04 Å². The molecule has 1 unspecified atom stereocenters. The summed E-state index contributed by atoms with van der Waals surface area (Å²) in [6.07, 6.45) is 2.44. The van der Waals surface area contributed by atoms with Gasteiger partial charge < -0.3 is 20.5 Å². The van der Waals surface area contributed by atoms with Gasteiger partial charge in [-0.25, -0.2) is 4.79 Å². The van der Waals surface area contributed by atoms with Crippen molar-refractivity contribution in [2.45, 2.75) is 78.0 Å². The van der Waals surface area contributed by atoms with E-state index in [4.69, 9.17) is 15.2 Å². The number of hydrogen-bond donors (Lipinski definition) is 1. The Labute approximate surface area is 187 Å². The summed E-state index contributed by atoms with van der Waals surface area (Å²) in [5.41, 5.74) is 8.05. The van der Waals surface area contributed by atoms with Gasteiger partial charge in [0.2, 0.25) is 0 Å². The molecule has 6 nitrogen and oxygen atoms in total. The first-order chi connectivity index (χ1) is 11.1. The molecule has 1 aliphatic rings. The molecule has 0 bridgehead atoms. The minimum atomic E-state index is -0.574. The fourth-order valence-electron chi connectivity index (χ4n) is 3.60. The minimum Gasteiger partial charge on any atom is -0.674 e. The van der Waals surface area contributed by atoms with E-state index in [2.05, 4.69) is 19.2 Å². The number of methoxy groups -OCH3 is 1. The average Bonchev–Trinajstić information content (AvgIpc) is 2.89. The molecule has 25 heavy (non-hydrogen) atoms. The Morgan fingerprint density at radius 3 is 2.20 bits per heavy atom. The van der Waals surface area contributed by atoms with Gasteiger partial charge in [0.05, 0.1) is 13.0 Å². The molecule has 0 saturated heterocycles. The third-order valence-electron chi connectivity index (χ3n) is 4.87. The van der Waals surface area contributed by atoms with Gasteiger partial charge in [-0.3, -0.25) is 4.79 Å². The molecule has 0 heterocycles. The maximum absolute atomic E-state index is 12.1. The van der Waals surface area contributed by atoms with E-state index >= 15 is 0 Å². The van der Waals surface area contributed by atoms with Crippen molar-refractivity contribution < 1.29 is 63.1 Å². The van der Waals surface area contributed by atoms with Crippen LogP contribution in [0.15, 0.2) is 0 Å². The van der Waals surface area contributed by atoms with E-state index in [9.17, 15) is 9.59 Å². The largest absolute Gasteiger partial charge is 0.674 e. The quantitative estimate of drug-likeness (QED) is 0.492. The second-order valence-corrected chi connectivity index (χ2v) is 7.71. The molecule has 0 aliphatic heterocycles. The van der Waals surface area contributed by atoms with Gasteiger partial charge in [0.25, 0.3) is 0 Å². The summed E-state index contributed by atoms with van der Waals surface area (Å²) in [5.74, 6) is -0.326. The van der Waals surface area contributed by atoms with Crippen LogP contribution in [0.25, 0.3) is 5.73 Å². The Bertz CT molecular complexity index is 435. The van der Waals surface area contributed by atoms with Crippen LogP contribution >= 0.6 is 0 Å². The van der Waals surface area contributed by atoms with Crippen molar-refractivity contribution in [3.63, 3.8) is 0 Å². The van der Waals surface area contributed by atoms with Crippen molar-refractivity contribution in [2.24, 2.45) is 17.8 Å². The van der Waals surface area contributed by atoms with Crippen molar-refractivity contribution in [3.05, 3.63) is 5.73 Å². The van der Waals surface area contributed by atoms with E-state index in [0.29, 0.717) is 12.8 Å². The molecule has 143 valence electrons. The number of rotatable bonds is 6. The molecule has 0 aromatic heterocycles. The Morgan fingerprint density at radius 1 is 1.20 bits per heavy atom. The van der Waals surface area contributed by atoms with Crippen LogP contribution in [0.2, 0.25) is 0 Å². The van der Waals surface area contributed by atoms with Crippen LogP contribution in [0.3, 0.4) is 0 Å². The molecule has 4 atom stereocenters. The molecule has 1 saturated carbocycles. The van der Waals surface area contributed by atoms with Crippen LogP contribution in [-0.2, 0) is 14.3 Å². The number of carbonyl (C=O) groups excluding carboxylic acids is 2. The van der Waals surface area contributed by atoms with Crippen molar-refractivity contribution in [2.75, 3.05) is 7.11 Å². The van der Waals surface area contributed by atoms with Crippen LogP contribution < -0.4 is 5.32 Å². The normalized spacial score (nSPS) is 24.4. The molecule has 1 amide bonds. The number of ether oxygens (including phenoxy) is 2. The Kier molecular flexibility index (Phi) is 11.2. The Morgan fingerprint density at radius 2 is 1.76 bits per heavy atom. The van der Waals surface area contributed by atoms with Gasteiger partial charge in [-0.05, 0) is 39.5 Å². The van der Waals surface area contributed by atoms with E-state index in [1.54, 1.807) is 0 Å². The molecule has 1 fully saturated rings. The monoisotopic (exact) mass is 568 g/mol. The number of alkyl carbamates (subject to hydrolysis) is 1. The van der Waals surface area contributed by atoms with Crippen LogP contribution in [0, 0.1) is 61.8 Å². The Balaban J connectivity index is 0.00000576. The Hall–Kier alpha value is 0.142. The first-order valence-electron chi connectivity index (χ1n) is 8.91. The van der Waals surface area contributed by atoms with Gasteiger partial charge in [-0.1, -0.05) is 32.6 Å². The first kappa shape index (κ1) is 25.1. The molecule has 7 heteroatoms. The molecule has 1 aliphatic carbocycles. The summed E-state index contributed by atoms with van der Waals surface area (Å²) in [6, 6.07) is -0.540. The van der Waals surface area contributed by atoms with Crippen molar-refractivity contribution >= 4 is 12.1 Å². The summed E-state index contributed by atoms with van der Waals surface area (Å²) in [5, 5.41) is 2.89. The van der Waals surface area contributed by atoms with Gasteiger partial charge in [0, 0.05) is 50.1 Å². The summed E-state index contributed by atoms with van der Waals surface area (Å²) < 4.78 is 10.2. The molecular formula is C18H33AcN2O4-. The minimum absolute atomic E-state index is 0. The average molecular weight is 568 g/mol. The third kappa shape index (κ3) is 7.73. The molecule has 0 aromatic carbocycles. The SMILES string of the molecule is CCC(CC)C([NH-])[C@@H]1C[C@@H](C(=O)OC)C[C@H]1NC(=O)OC(C)(C)C.[Ac]. The van der Waals surface area contributed by atoms with Crippen LogP contribution in [0.5, 0.6) is 0 Å². The van der Waals surface area contributed by atoms with Gasteiger partial charge >= 0.3 is 12.1 Å². The maximum atomic E-state index is 12.1. The fraction of sp³-hybridized carbons (Fsp3) is 0.889. The van der Waals surface area contributed by atoms with Gasteiger partial charge in [-0.2, -0.15) is 0 Å². The fourth-order valence-corrected chi connectivity index (χ4v) is 3.60. The van der Waals surface area contributed by atoms with E-state index < -0.39 is 11.7 Å². The predicted molar refractivity (Wildman–Crippen MR) is 93.6 cm³/mol. The molecular weight excluding hydrogens is 535 g/mol. The zero-order chi connectivity index (χ0) is 18.5. The van der Waals surface area contributed by atoms with E-state index in [1.165, 1.54) is 7.11 Å². The number of amides is 1. The second-order valence-electron chi connectivity index (χ2n) is 7.71. The topological polar surface area (TPSA) is 88.4 Å². The van der Waals surface area contributed by atoms with Crippen LogP contribution in [0.4, 0.5) is 4.79 Å². The number of nitrogens with one attached hydrogen (secondary N) is 2. The molecule has 1 radical (unpaired) electrons. The van der Waals surface area contributed by atoms with Crippen molar-refractivity contribution in [3.8, 4) is 0 Å². The first-order valence-corrected chi connectivity index (χ1v) is 8.91. The number of esters is 1. The summed E-state index contributed by atoms with van der Waals surface area (Å²) in [6.45, 7) is 9.60. The predicted octanol–water partition coefficient (Wildman–Crippen LogP) is 3.94. The van der Waals surface area contributed by atoms with Crippen molar-refractivity contribution in [1.82, 2.24) is 5.32 Å². The second kappa shape index (κ2) is 11.1. The van der Waals surface area contributed by atoms with Crippen molar-refractivity contribution in [1.29, 1.82) is 0 Å². The van der Waals surface area contributed by atoms with Crippen LogP contribution in [-0.4, -0.2) is 36.9 Å². The standard InChI is InChI=1S/C18H33N2O4.Ac/c1-7-11(8-2)15(19)13-9-12(16(21)23-6)10-14(13)20-17(22)24-18(3,4)5;/h11-15,19H,7-10H2,1-6H3,(H,20,22);/q-1;/t12-,13-,14-,15?;/m1./s1. The third-order valence-corrected chi connectivity index (χ3v) is 4.87. The molecule has 0 aromatic rings. The van der Waals surface area contributed by atoms with Gasteiger partial charge in [0.1, 0.15) is 5.60 Å². The zero-order valence-corrected chi connectivity index (χ0v) is 21.2. The summed E-state index contributed by atoms with van der Waals surface area (Å²) in [4.78, 5) is 24.1. The van der Waals surface area contributed by atoms with E-state index in [-0.39, 0.29) is 79.9 Å². The van der Waals surface area contributed by atoms with E-state index in [0.717, 1.165) is 12.8 Å². The summed E-state index contributed by atoms with van der Waals surface area (Å²) in [7, 11) is 1.38. The van der Waals surface area contributed by atoms with E-state index in [1.807, 2.05) is 20.8 Å². The van der Waals surface area contributed by atoms with Crippen LogP contribution in [0.1, 0.15) is 60.3 Å². The zero-order valence-electron chi connectivity index (χ0n) is 16.4. The molecule has 2 N–H and O–H groups in total. The number of carbonyl (C=O) groups is 2. The number of hydrogen-bond acceptors (Lipinski definition) is 4.